The first-order chi connectivity index (χ1) is 13.3. The Bertz CT molecular complexity index is 780. The maximum absolute atomic E-state index is 9.05. The van der Waals surface area contributed by atoms with Crippen LogP contribution in [0.1, 0.15) is 24.0 Å². The Morgan fingerprint density at radius 2 is 1.41 bits per heavy atom. The molecule has 0 N–H and O–H groups in total. The van der Waals surface area contributed by atoms with Crippen LogP contribution in [-0.4, -0.2) is 30.5 Å². The maximum Gasteiger partial charge on any atom is 0.111 e. The zero-order valence-electron chi connectivity index (χ0n) is 15.1. The Kier molecular flexibility index (Phi) is 5.70. The summed E-state index contributed by atoms with van der Waals surface area (Å²) in [5.74, 6) is 0. The molecule has 5 atom stereocenters. The normalized spacial score (nSPS) is 29.3. The molecule has 6 heteroatoms. The van der Waals surface area contributed by atoms with E-state index in [1.54, 1.807) is 0 Å². The Morgan fingerprint density at radius 1 is 0.852 bits per heavy atom. The molecule has 2 aromatic rings. The van der Waals surface area contributed by atoms with Crippen LogP contribution in [0.3, 0.4) is 0 Å². The molecule has 4 rings (SSSR count). The second-order valence-corrected chi connectivity index (χ2v) is 7.01. The van der Waals surface area contributed by atoms with Crippen LogP contribution < -0.4 is 0 Å². The average molecular weight is 365 g/mol. The van der Waals surface area contributed by atoms with Crippen molar-refractivity contribution in [2.75, 3.05) is 0 Å². The predicted octanol–water partition coefficient (Wildman–Crippen LogP) is 4.40. The van der Waals surface area contributed by atoms with E-state index in [2.05, 4.69) is 10.0 Å². The maximum atomic E-state index is 9.05. The van der Waals surface area contributed by atoms with Crippen molar-refractivity contribution < 1.29 is 14.2 Å². The molecular weight excluding hydrogens is 342 g/mol. The fourth-order valence-corrected chi connectivity index (χ4v) is 3.93. The van der Waals surface area contributed by atoms with Gasteiger partial charge in [-0.2, -0.15) is 0 Å². The predicted molar refractivity (Wildman–Crippen MR) is 101 cm³/mol. The van der Waals surface area contributed by atoms with Crippen molar-refractivity contribution in [1.82, 2.24) is 0 Å². The minimum atomic E-state index is -0.377. The van der Waals surface area contributed by atoms with Crippen LogP contribution in [0.2, 0.25) is 0 Å². The molecule has 0 saturated carbocycles. The van der Waals surface area contributed by atoms with Gasteiger partial charge >= 0.3 is 0 Å². The molecule has 2 heterocycles. The molecule has 0 spiro atoms. The smallest absolute Gasteiger partial charge is 0.111 e. The monoisotopic (exact) mass is 365 g/mol. The highest BCUT2D eigenvalue weighted by atomic mass is 16.6. The van der Waals surface area contributed by atoms with Crippen molar-refractivity contribution in [2.45, 2.75) is 56.5 Å². The molecule has 2 aliphatic heterocycles. The summed E-state index contributed by atoms with van der Waals surface area (Å²) in [6.45, 7) is 0.928. The van der Waals surface area contributed by atoms with Gasteiger partial charge in [-0.25, -0.2) is 0 Å². The van der Waals surface area contributed by atoms with Crippen molar-refractivity contribution in [2.24, 2.45) is 5.11 Å². The second-order valence-electron chi connectivity index (χ2n) is 7.01. The Hall–Kier alpha value is -2.37. The topological polar surface area (TPSA) is 76.5 Å². The van der Waals surface area contributed by atoms with Gasteiger partial charge < -0.3 is 14.2 Å². The van der Waals surface area contributed by atoms with E-state index in [0.29, 0.717) is 13.2 Å². The number of nitrogens with zero attached hydrogens (tertiary/aromatic N) is 3. The minimum absolute atomic E-state index is 0.0235. The van der Waals surface area contributed by atoms with E-state index in [4.69, 9.17) is 19.7 Å². The highest BCUT2D eigenvalue weighted by Crippen LogP contribution is 2.38. The van der Waals surface area contributed by atoms with Crippen molar-refractivity contribution >= 4 is 0 Å². The van der Waals surface area contributed by atoms with Crippen LogP contribution in [0.15, 0.2) is 65.8 Å². The van der Waals surface area contributed by atoms with Gasteiger partial charge in [-0.15, -0.1) is 0 Å². The molecule has 2 saturated heterocycles. The van der Waals surface area contributed by atoms with E-state index in [-0.39, 0.29) is 30.5 Å². The summed E-state index contributed by atoms with van der Waals surface area (Å²) in [6.07, 6.45) is 1.06. The van der Waals surface area contributed by atoms with Gasteiger partial charge in [-0.05, 0) is 29.5 Å². The van der Waals surface area contributed by atoms with E-state index >= 15 is 0 Å². The molecule has 6 nitrogen and oxygen atoms in total. The van der Waals surface area contributed by atoms with Crippen LogP contribution in [0.5, 0.6) is 0 Å². The lowest BCUT2D eigenvalue weighted by molar-refractivity contribution is -0.192. The van der Waals surface area contributed by atoms with E-state index < -0.39 is 0 Å². The summed E-state index contributed by atoms with van der Waals surface area (Å²) in [7, 11) is 0. The quantitative estimate of drug-likeness (QED) is 0.415. The third-order valence-corrected chi connectivity index (χ3v) is 5.25. The van der Waals surface area contributed by atoms with Crippen LogP contribution >= 0.6 is 0 Å². The van der Waals surface area contributed by atoms with Gasteiger partial charge in [0.05, 0.1) is 37.6 Å². The van der Waals surface area contributed by atoms with Crippen LogP contribution in [-0.2, 0) is 27.4 Å². The first-order valence-electron chi connectivity index (χ1n) is 9.36. The Balaban J connectivity index is 1.52. The van der Waals surface area contributed by atoms with E-state index in [1.807, 2.05) is 60.7 Å². The highest BCUT2D eigenvalue weighted by molar-refractivity contribution is 5.15. The van der Waals surface area contributed by atoms with Crippen molar-refractivity contribution in [3.8, 4) is 0 Å². The molecule has 2 aromatic carbocycles. The van der Waals surface area contributed by atoms with Gasteiger partial charge in [-0.1, -0.05) is 65.8 Å². The molecule has 2 fully saturated rings. The summed E-state index contributed by atoms with van der Waals surface area (Å²) in [5, 5.41) is 4.01. The van der Waals surface area contributed by atoms with Gasteiger partial charge in [-0.3, -0.25) is 0 Å². The van der Waals surface area contributed by atoms with E-state index in [9.17, 15) is 0 Å². The van der Waals surface area contributed by atoms with Crippen LogP contribution in [0, 0.1) is 0 Å². The molecular formula is C21H23N3O3. The molecule has 2 unspecified atom stereocenters. The highest BCUT2D eigenvalue weighted by Gasteiger charge is 2.50. The number of fused-ring (bicyclic) bond motifs is 2. The SMILES string of the molecule is [N-]=[N+]=N[C@@H]1C2CC[C@@H](O2)[C@@H](OCc2ccccc2)C1OCc1ccccc1. The third kappa shape index (κ3) is 4.15. The Morgan fingerprint density at radius 3 is 2.00 bits per heavy atom. The standard InChI is InChI=1S/C21H23N3O3/c22-24-23-19-17-11-12-18(27-17)20(25-13-15-7-3-1-4-8-15)21(19)26-14-16-9-5-2-6-10-16/h1-10,17-21H,11-14H2/t17?,18-,19-,20-,21?/m1/s1. The van der Waals surface area contributed by atoms with E-state index in [0.717, 1.165) is 24.0 Å². The lowest BCUT2D eigenvalue weighted by Gasteiger charge is -2.40. The number of ether oxygens (including phenoxy) is 3. The molecule has 2 aliphatic rings. The van der Waals surface area contributed by atoms with Gasteiger partial charge in [0.25, 0.3) is 0 Å². The molecule has 140 valence electrons. The minimum Gasteiger partial charge on any atom is -0.372 e. The number of benzene rings is 2. The Labute approximate surface area is 158 Å². The lowest BCUT2D eigenvalue weighted by atomic mass is 9.98. The zero-order chi connectivity index (χ0) is 18.5. The van der Waals surface area contributed by atoms with Gasteiger partial charge in [0, 0.05) is 4.91 Å². The van der Waals surface area contributed by atoms with Gasteiger partial charge in [0.15, 0.2) is 0 Å². The lowest BCUT2D eigenvalue weighted by Crippen LogP contribution is -2.54. The fraction of sp³-hybridized carbons (Fsp3) is 0.429. The molecule has 0 aromatic heterocycles. The molecule has 0 aliphatic carbocycles. The largest absolute Gasteiger partial charge is 0.372 e. The fourth-order valence-electron chi connectivity index (χ4n) is 3.93. The van der Waals surface area contributed by atoms with Gasteiger partial charge in [0.2, 0.25) is 0 Å². The molecule has 2 bridgehead atoms. The van der Waals surface area contributed by atoms with Crippen molar-refractivity contribution in [3.63, 3.8) is 0 Å². The second kappa shape index (κ2) is 8.55. The van der Waals surface area contributed by atoms with Crippen LogP contribution in [0.4, 0.5) is 0 Å². The number of azide groups is 1. The van der Waals surface area contributed by atoms with Gasteiger partial charge in [0.1, 0.15) is 6.10 Å². The molecule has 0 amide bonds. The molecule has 27 heavy (non-hydrogen) atoms. The summed E-state index contributed by atoms with van der Waals surface area (Å²) < 4.78 is 18.6. The first kappa shape index (κ1) is 18.0. The number of hydrogen-bond acceptors (Lipinski definition) is 4. The molecule has 0 radical (unpaired) electrons. The van der Waals surface area contributed by atoms with Crippen molar-refractivity contribution in [1.29, 1.82) is 0 Å². The summed E-state index contributed by atoms with van der Waals surface area (Å²) >= 11 is 0. The third-order valence-electron chi connectivity index (χ3n) is 5.25. The number of hydrogen-bond donors (Lipinski definition) is 0. The number of rotatable bonds is 7. The first-order valence-corrected chi connectivity index (χ1v) is 9.36. The average Bonchev–Trinajstić information content (AvgIpc) is 3.15. The van der Waals surface area contributed by atoms with Crippen molar-refractivity contribution in [3.05, 3.63) is 82.2 Å². The summed E-state index contributed by atoms with van der Waals surface area (Å²) in [5.41, 5.74) is 11.2. The van der Waals surface area contributed by atoms with E-state index in [1.165, 1.54) is 0 Å². The summed E-state index contributed by atoms with van der Waals surface area (Å²) in [4.78, 5) is 3.04. The van der Waals surface area contributed by atoms with Crippen LogP contribution in [0.25, 0.3) is 10.4 Å². The summed E-state index contributed by atoms with van der Waals surface area (Å²) in [6, 6.07) is 19.7. The zero-order valence-corrected chi connectivity index (χ0v) is 15.1.